The van der Waals surface area contributed by atoms with Crippen molar-refractivity contribution in [1.82, 2.24) is 4.98 Å². The van der Waals surface area contributed by atoms with E-state index in [4.69, 9.17) is 5.73 Å². The van der Waals surface area contributed by atoms with Gasteiger partial charge < -0.3 is 10.6 Å². The Bertz CT molecular complexity index is 576. The molecule has 3 nitrogen and oxygen atoms in total. The van der Waals surface area contributed by atoms with Crippen molar-refractivity contribution in [2.75, 3.05) is 11.4 Å². The highest BCUT2D eigenvalue weighted by atomic mass is 15.2. The number of piperidine rings is 1. The number of benzene rings is 1. The summed E-state index contributed by atoms with van der Waals surface area (Å²) in [6.45, 7) is 5.56. The maximum absolute atomic E-state index is 6.18. The molecule has 2 heterocycles. The SMILES string of the molecule is CC1C(N)CCN(c2cccc3ncccc23)C1C. The molecule has 1 aromatic carbocycles. The van der Waals surface area contributed by atoms with Gasteiger partial charge in [-0.2, -0.15) is 0 Å². The molecule has 3 unspecified atom stereocenters. The summed E-state index contributed by atoms with van der Waals surface area (Å²) in [7, 11) is 0. The summed E-state index contributed by atoms with van der Waals surface area (Å²) in [6, 6.07) is 11.3. The number of anilines is 1. The van der Waals surface area contributed by atoms with Gasteiger partial charge in [-0.1, -0.05) is 13.0 Å². The molecular weight excluding hydrogens is 234 g/mol. The lowest BCUT2D eigenvalue weighted by Crippen LogP contribution is -2.51. The highest BCUT2D eigenvalue weighted by Gasteiger charge is 2.30. The third-order valence-corrected chi connectivity index (χ3v) is 4.56. The number of pyridine rings is 1. The molecule has 0 bridgehead atoms. The van der Waals surface area contributed by atoms with Gasteiger partial charge in [0.05, 0.1) is 5.52 Å². The van der Waals surface area contributed by atoms with E-state index in [0.29, 0.717) is 18.0 Å². The average Bonchev–Trinajstić information content (AvgIpc) is 2.45. The smallest absolute Gasteiger partial charge is 0.0722 e. The number of fused-ring (bicyclic) bond motifs is 1. The summed E-state index contributed by atoms with van der Waals surface area (Å²) in [5, 5.41) is 1.24. The summed E-state index contributed by atoms with van der Waals surface area (Å²) < 4.78 is 0. The summed E-state index contributed by atoms with van der Waals surface area (Å²) in [5.41, 5.74) is 8.54. The zero-order valence-corrected chi connectivity index (χ0v) is 11.6. The van der Waals surface area contributed by atoms with E-state index in [-0.39, 0.29) is 0 Å². The minimum absolute atomic E-state index is 0.319. The molecule has 3 rings (SSSR count). The van der Waals surface area contributed by atoms with Crippen LogP contribution < -0.4 is 10.6 Å². The van der Waals surface area contributed by atoms with Gasteiger partial charge in [0, 0.05) is 35.9 Å². The largest absolute Gasteiger partial charge is 0.368 e. The van der Waals surface area contributed by atoms with E-state index in [0.717, 1.165) is 18.5 Å². The van der Waals surface area contributed by atoms with Crippen LogP contribution in [-0.4, -0.2) is 23.6 Å². The van der Waals surface area contributed by atoms with Crippen LogP contribution in [0.1, 0.15) is 20.3 Å². The molecule has 0 aliphatic carbocycles. The van der Waals surface area contributed by atoms with E-state index >= 15 is 0 Å². The maximum atomic E-state index is 6.18. The summed E-state index contributed by atoms with van der Waals surface area (Å²) in [4.78, 5) is 6.93. The molecule has 3 heteroatoms. The molecular formula is C16H21N3. The molecule has 2 aromatic rings. The van der Waals surface area contributed by atoms with Crippen LogP contribution in [0.3, 0.4) is 0 Å². The second-order valence-electron chi connectivity index (χ2n) is 5.59. The normalized spacial score (nSPS) is 27.7. The van der Waals surface area contributed by atoms with Gasteiger partial charge in [-0.05, 0) is 43.5 Å². The van der Waals surface area contributed by atoms with Gasteiger partial charge in [-0.25, -0.2) is 0 Å². The third kappa shape index (κ3) is 2.08. The van der Waals surface area contributed by atoms with Crippen LogP contribution in [0.5, 0.6) is 0 Å². The molecule has 1 aromatic heterocycles. The van der Waals surface area contributed by atoms with Crippen LogP contribution in [-0.2, 0) is 0 Å². The summed E-state index contributed by atoms with van der Waals surface area (Å²) in [5.74, 6) is 0.515. The van der Waals surface area contributed by atoms with Crippen LogP contribution in [0.4, 0.5) is 5.69 Å². The van der Waals surface area contributed by atoms with Gasteiger partial charge in [0.1, 0.15) is 0 Å². The van der Waals surface area contributed by atoms with Gasteiger partial charge in [0.25, 0.3) is 0 Å². The fourth-order valence-electron chi connectivity index (χ4n) is 3.07. The van der Waals surface area contributed by atoms with Gasteiger partial charge >= 0.3 is 0 Å². The van der Waals surface area contributed by atoms with E-state index in [1.54, 1.807) is 0 Å². The first kappa shape index (κ1) is 12.4. The highest BCUT2D eigenvalue weighted by molar-refractivity contribution is 5.91. The second kappa shape index (κ2) is 4.82. The molecule has 1 aliphatic rings. The monoisotopic (exact) mass is 255 g/mol. The van der Waals surface area contributed by atoms with Crippen LogP contribution in [0.25, 0.3) is 10.9 Å². The van der Waals surface area contributed by atoms with Crippen LogP contribution in [0.2, 0.25) is 0 Å². The molecule has 0 spiro atoms. The first-order valence-electron chi connectivity index (χ1n) is 7.04. The minimum atomic E-state index is 0.319. The quantitative estimate of drug-likeness (QED) is 0.852. The molecule has 3 atom stereocenters. The average molecular weight is 255 g/mol. The van der Waals surface area contributed by atoms with Gasteiger partial charge in [-0.3, -0.25) is 4.98 Å². The Kier molecular flexibility index (Phi) is 3.15. The van der Waals surface area contributed by atoms with Gasteiger partial charge in [-0.15, -0.1) is 0 Å². The Morgan fingerprint density at radius 2 is 2.05 bits per heavy atom. The molecule has 1 saturated heterocycles. The van der Waals surface area contributed by atoms with Crippen molar-refractivity contribution in [3.8, 4) is 0 Å². The van der Waals surface area contributed by atoms with E-state index < -0.39 is 0 Å². The fraction of sp³-hybridized carbons (Fsp3) is 0.438. The number of nitrogens with zero attached hydrogens (tertiary/aromatic N) is 2. The Hall–Kier alpha value is -1.61. The van der Waals surface area contributed by atoms with E-state index in [9.17, 15) is 0 Å². The molecule has 100 valence electrons. The lowest BCUT2D eigenvalue weighted by Gasteiger charge is -2.43. The number of aromatic nitrogens is 1. The van der Waals surface area contributed by atoms with Crippen LogP contribution >= 0.6 is 0 Å². The van der Waals surface area contributed by atoms with Crippen molar-refractivity contribution >= 4 is 16.6 Å². The fourth-order valence-corrected chi connectivity index (χ4v) is 3.07. The van der Waals surface area contributed by atoms with Crippen molar-refractivity contribution in [2.24, 2.45) is 11.7 Å². The lowest BCUT2D eigenvalue weighted by molar-refractivity contribution is 0.316. The highest BCUT2D eigenvalue weighted by Crippen LogP contribution is 2.32. The lowest BCUT2D eigenvalue weighted by atomic mass is 9.87. The summed E-state index contributed by atoms with van der Waals surface area (Å²) >= 11 is 0. The molecule has 19 heavy (non-hydrogen) atoms. The van der Waals surface area contributed by atoms with Crippen molar-refractivity contribution in [3.63, 3.8) is 0 Å². The number of hydrogen-bond acceptors (Lipinski definition) is 3. The molecule has 2 N–H and O–H groups in total. The minimum Gasteiger partial charge on any atom is -0.368 e. The predicted octanol–water partition coefficient (Wildman–Crippen LogP) is 2.80. The Morgan fingerprint density at radius 3 is 2.89 bits per heavy atom. The predicted molar refractivity (Wildman–Crippen MR) is 80.3 cm³/mol. The van der Waals surface area contributed by atoms with E-state index in [2.05, 4.69) is 48.0 Å². The maximum Gasteiger partial charge on any atom is 0.0722 e. The standard InChI is InChI=1S/C16H21N3/c1-11-12(2)19(10-8-14(11)17)16-7-3-6-15-13(16)5-4-9-18-15/h3-7,9,11-12,14H,8,10,17H2,1-2H3. The van der Waals surface area contributed by atoms with Crippen molar-refractivity contribution in [1.29, 1.82) is 0 Å². The van der Waals surface area contributed by atoms with Gasteiger partial charge in [0.15, 0.2) is 0 Å². The number of hydrogen-bond donors (Lipinski definition) is 1. The van der Waals surface area contributed by atoms with Crippen LogP contribution in [0, 0.1) is 5.92 Å². The van der Waals surface area contributed by atoms with Gasteiger partial charge in [0.2, 0.25) is 0 Å². The molecule has 0 amide bonds. The third-order valence-electron chi connectivity index (χ3n) is 4.56. The van der Waals surface area contributed by atoms with Crippen molar-refractivity contribution in [2.45, 2.75) is 32.4 Å². The van der Waals surface area contributed by atoms with Crippen LogP contribution in [0.15, 0.2) is 36.5 Å². The summed E-state index contributed by atoms with van der Waals surface area (Å²) in [6.07, 6.45) is 2.91. The topological polar surface area (TPSA) is 42.1 Å². The molecule has 0 saturated carbocycles. The Balaban J connectivity index is 2.05. The second-order valence-corrected chi connectivity index (χ2v) is 5.59. The molecule has 1 fully saturated rings. The van der Waals surface area contributed by atoms with Crippen molar-refractivity contribution in [3.05, 3.63) is 36.5 Å². The first-order valence-corrected chi connectivity index (χ1v) is 7.04. The zero-order valence-electron chi connectivity index (χ0n) is 11.6. The zero-order chi connectivity index (χ0) is 13.4. The van der Waals surface area contributed by atoms with Crippen molar-refractivity contribution < 1.29 is 0 Å². The number of rotatable bonds is 1. The number of nitrogens with two attached hydrogens (primary N) is 1. The van der Waals surface area contributed by atoms with E-state index in [1.165, 1.54) is 11.1 Å². The first-order chi connectivity index (χ1) is 9.18. The Labute approximate surface area is 114 Å². The molecule has 1 aliphatic heterocycles. The molecule has 0 radical (unpaired) electrons. The van der Waals surface area contributed by atoms with E-state index in [1.807, 2.05) is 12.3 Å². The Morgan fingerprint density at radius 1 is 1.21 bits per heavy atom.